The number of nitrogen functional groups attached to an aromatic ring is 1. The van der Waals surface area contributed by atoms with Crippen LogP contribution < -0.4 is 5.73 Å². The first-order valence-electron chi connectivity index (χ1n) is 5.78. The lowest BCUT2D eigenvalue weighted by molar-refractivity contribution is 1.16. The minimum Gasteiger partial charge on any atom is -0.399 e. The number of thioether (sulfide) groups is 1. The van der Waals surface area contributed by atoms with Gasteiger partial charge in [0.1, 0.15) is 0 Å². The Hall–Kier alpha value is -1.41. The van der Waals surface area contributed by atoms with Crippen LogP contribution in [0.25, 0.3) is 0 Å². The molecule has 1 nitrogen and oxygen atoms in total. The molecule has 0 unspecified atom stereocenters. The second kappa shape index (κ2) is 5.78. The van der Waals surface area contributed by atoms with Crippen LogP contribution in [0, 0.1) is 6.92 Å². The average molecular weight is 243 g/mol. The van der Waals surface area contributed by atoms with Gasteiger partial charge >= 0.3 is 0 Å². The van der Waals surface area contributed by atoms with Crippen LogP contribution in [0.1, 0.15) is 11.1 Å². The summed E-state index contributed by atoms with van der Waals surface area (Å²) in [6.45, 7) is 2.11. The van der Waals surface area contributed by atoms with Crippen LogP contribution >= 0.6 is 11.8 Å². The third-order valence-corrected chi connectivity index (χ3v) is 3.73. The number of aryl methyl sites for hydroxylation is 2. The molecule has 0 bridgehead atoms. The first-order valence-corrected chi connectivity index (χ1v) is 6.77. The van der Waals surface area contributed by atoms with E-state index in [2.05, 4.69) is 37.3 Å². The molecular weight excluding hydrogens is 226 g/mol. The van der Waals surface area contributed by atoms with Gasteiger partial charge in [0.25, 0.3) is 0 Å². The maximum absolute atomic E-state index is 5.91. The molecule has 0 heterocycles. The summed E-state index contributed by atoms with van der Waals surface area (Å²) >= 11 is 1.88. The maximum Gasteiger partial charge on any atom is 0.0346 e. The van der Waals surface area contributed by atoms with E-state index in [0.717, 1.165) is 17.9 Å². The minimum atomic E-state index is 0.900. The van der Waals surface area contributed by atoms with Crippen molar-refractivity contribution in [1.82, 2.24) is 0 Å². The van der Waals surface area contributed by atoms with Crippen molar-refractivity contribution < 1.29 is 0 Å². The zero-order valence-corrected chi connectivity index (χ0v) is 10.8. The quantitative estimate of drug-likeness (QED) is 0.651. The third kappa shape index (κ3) is 3.53. The topological polar surface area (TPSA) is 26.0 Å². The molecule has 0 amide bonds. The highest BCUT2D eigenvalue weighted by Gasteiger charge is 1.99. The summed E-state index contributed by atoms with van der Waals surface area (Å²) in [5, 5.41) is 0. The van der Waals surface area contributed by atoms with Crippen molar-refractivity contribution in [2.75, 3.05) is 11.5 Å². The highest BCUT2D eigenvalue weighted by molar-refractivity contribution is 7.99. The fourth-order valence-corrected chi connectivity index (χ4v) is 2.56. The molecule has 2 N–H and O–H groups in total. The van der Waals surface area contributed by atoms with Crippen molar-refractivity contribution in [3.8, 4) is 0 Å². The van der Waals surface area contributed by atoms with Crippen molar-refractivity contribution in [3.05, 3.63) is 59.7 Å². The summed E-state index contributed by atoms with van der Waals surface area (Å²) in [4.78, 5) is 1.32. The van der Waals surface area contributed by atoms with Gasteiger partial charge in [-0.1, -0.05) is 35.9 Å². The van der Waals surface area contributed by atoms with Crippen molar-refractivity contribution in [2.24, 2.45) is 0 Å². The molecule has 0 aliphatic heterocycles. The van der Waals surface area contributed by atoms with Gasteiger partial charge in [-0.15, -0.1) is 11.8 Å². The molecular formula is C15H17NS. The smallest absolute Gasteiger partial charge is 0.0346 e. The first kappa shape index (κ1) is 12.1. The first-order chi connectivity index (χ1) is 8.25. The second-order valence-corrected chi connectivity index (χ2v) is 5.28. The number of rotatable bonds is 4. The third-order valence-electron chi connectivity index (χ3n) is 2.72. The molecule has 88 valence electrons. The molecule has 0 fully saturated rings. The summed E-state index contributed by atoms with van der Waals surface area (Å²) < 4.78 is 0. The van der Waals surface area contributed by atoms with Crippen LogP contribution in [0.3, 0.4) is 0 Å². The summed E-state index contributed by atoms with van der Waals surface area (Å²) in [6.07, 6.45) is 1.02. The number of hydrogen-bond donors (Lipinski definition) is 1. The molecule has 2 heteroatoms. The van der Waals surface area contributed by atoms with Crippen LogP contribution in [-0.2, 0) is 6.42 Å². The highest BCUT2D eigenvalue weighted by atomic mass is 32.2. The zero-order valence-electron chi connectivity index (χ0n) is 10.0. The molecule has 0 saturated carbocycles. The standard InChI is InChI=1S/C15H17NS/c1-12-6-8-14(9-7-12)17-11-10-13-4-2-3-5-15(13)16/h2-9H,10-11,16H2,1H3. The number of para-hydroxylation sites is 1. The van der Waals surface area contributed by atoms with E-state index in [1.807, 2.05) is 30.0 Å². The van der Waals surface area contributed by atoms with Gasteiger partial charge < -0.3 is 5.73 Å². The van der Waals surface area contributed by atoms with Gasteiger partial charge in [0.2, 0.25) is 0 Å². The maximum atomic E-state index is 5.91. The number of anilines is 1. The van der Waals surface area contributed by atoms with E-state index >= 15 is 0 Å². The molecule has 0 radical (unpaired) electrons. The Morgan fingerprint density at radius 3 is 2.41 bits per heavy atom. The molecule has 2 rings (SSSR count). The van der Waals surface area contributed by atoms with Crippen LogP contribution in [0.2, 0.25) is 0 Å². The van der Waals surface area contributed by atoms with Crippen molar-refractivity contribution in [1.29, 1.82) is 0 Å². The molecule has 17 heavy (non-hydrogen) atoms. The van der Waals surface area contributed by atoms with E-state index in [1.165, 1.54) is 16.0 Å². The van der Waals surface area contributed by atoms with E-state index < -0.39 is 0 Å². The summed E-state index contributed by atoms with van der Waals surface area (Å²) in [5.41, 5.74) is 9.36. The van der Waals surface area contributed by atoms with E-state index in [4.69, 9.17) is 5.73 Å². The van der Waals surface area contributed by atoms with Crippen molar-refractivity contribution in [2.45, 2.75) is 18.2 Å². The monoisotopic (exact) mass is 243 g/mol. The summed E-state index contributed by atoms with van der Waals surface area (Å²) in [5.74, 6) is 1.07. The van der Waals surface area contributed by atoms with Gasteiger partial charge in [-0.3, -0.25) is 0 Å². The van der Waals surface area contributed by atoms with Crippen LogP contribution in [-0.4, -0.2) is 5.75 Å². The van der Waals surface area contributed by atoms with Gasteiger partial charge in [-0.05, 0) is 37.1 Å². The lowest BCUT2D eigenvalue weighted by Crippen LogP contribution is -1.95. The van der Waals surface area contributed by atoms with E-state index in [9.17, 15) is 0 Å². The normalized spacial score (nSPS) is 10.4. The highest BCUT2D eigenvalue weighted by Crippen LogP contribution is 2.21. The Labute approximate surface area is 107 Å². The van der Waals surface area contributed by atoms with E-state index in [1.54, 1.807) is 0 Å². The lowest BCUT2D eigenvalue weighted by Gasteiger charge is -2.05. The Balaban J connectivity index is 1.88. The average Bonchev–Trinajstić information content (AvgIpc) is 2.34. The minimum absolute atomic E-state index is 0.900. The summed E-state index contributed by atoms with van der Waals surface area (Å²) in [6, 6.07) is 16.7. The van der Waals surface area contributed by atoms with Gasteiger partial charge in [0.15, 0.2) is 0 Å². The molecule has 2 aromatic rings. The fourth-order valence-electron chi connectivity index (χ4n) is 1.68. The van der Waals surface area contributed by atoms with Gasteiger partial charge in [0.05, 0.1) is 0 Å². The SMILES string of the molecule is Cc1ccc(SCCc2ccccc2N)cc1. The van der Waals surface area contributed by atoms with Crippen molar-refractivity contribution in [3.63, 3.8) is 0 Å². The number of hydrogen-bond acceptors (Lipinski definition) is 2. The van der Waals surface area contributed by atoms with Crippen LogP contribution in [0.15, 0.2) is 53.4 Å². The molecule has 2 aromatic carbocycles. The molecule has 0 atom stereocenters. The predicted octanol–water partition coefficient (Wildman–Crippen LogP) is 3.91. The van der Waals surface area contributed by atoms with Gasteiger partial charge in [-0.2, -0.15) is 0 Å². The van der Waals surface area contributed by atoms with Crippen molar-refractivity contribution >= 4 is 17.4 Å². The molecule has 0 aromatic heterocycles. The number of benzene rings is 2. The molecule has 0 spiro atoms. The van der Waals surface area contributed by atoms with Gasteiger partial charge in [-0.25, -0.2) is 0 Å². The number of nitrogens with two attached hydrogens (primary N) is 1. The Kier molecular flexibility index (Phi) is 4.10. The Bertz CT molecular complexity index is 477. The Morgan fingerprint density at radius 2 is 1.71 bits per heavy atom. The zero-order chi connectivity index (χ0) is 12.1. The summed E-state index contributed by atoms with van der Waals surface area (Å²) in [7, 11) is 0. The van der Waals surface area contributed by atoms with Gasteiger partial charge in [0, 0.05) is 16.3 Å². The molecule has 0 aliphatic rings. The predicted molar refractivity (Wildman–Crippen MR) is 76.5 cm³/mol. The van der Waals surface area contributed by atoms with Crippen LogP contribution in [0.4, 0.5) is 5.69 Å². The van der Waals surface area contributed by atoms with E-state index in [-0.39, 0.29) is 0 Å². The Morgan fingerprint density at radius 1 is 1.00 bits per heavy atom. The second-order valence-electron chi connectivity index (χ2n) is 4.11. The lowest BCUT2D eigenvalue weighted by atomic mass is 10.1. The van der Waals surface area contributed by atoms with E-state index in [0.29, 0.717) is 0 Å². The largest absolute Gasteiger partial charge is 0.399 e. The molecule has 0 aliphatic carbocycles. The fraction of sp³-hybridized carbons (Fsp3) is 0.200. The molecule has 0 saturated heterocycles. The van der Waals surface area contributed by atoms with Crippen LogP contribution in [0.5, 0.6) is 0 Å².